The van der Waals surface area contributed by atoms with Crippen LogP contribution in [0.5, 0.6) is 0 Å². The third kappa shape index (κ3) is 2.21. The molecule has 0 bridgehead atoms. The molecular weight excluding hydrogens is 166 g/mol. The first-order valence-electron chi connectivity index (χ1n) is 4.96. The number of carbonyl (C=O) groups excluding carboxylic acids is 1. The molecule has 1 aliphatic heterocycles. The van der Waals surface area contributed by atoms with E-state index < -0.39 is 6.04 Å². The molecule has 1 saturated heterocycles. The van der Waals surface area contributed by atoms with Crippen LogP contribution in [0.15, 0.2) is 0 Å². The van der Waals surface area contributed by atoms with E-state index in [4.69, 9.17) is 10.5 Å². The number of carbonyl (C=O) groups is 1. The second-order valence-electron chi connectivity index (χ2n) is 3.63. The van der Waals surface area contributed by atoms with Crippen LogP contribution >= 0.6 is 0 Å². The van der Waals surface area contributed by atoms with Gasteiger partial charge in [-0.1, -0.05) is 34.6 Å². The number of ether oxygens (including phenoxy) is 1. The van der Waals surface area contributed by atoms with E-state index in [0.29, 0.717) is 0 Å². The number of esters is 1. The summed E-state index contributed by atoms with van der Waals surface area (Å²) >= 11 is 0. The van der Waals surface area contributed by atoms with Crippen molar-refractivity contribution >= 4 is 5.97 Å². The van der Waals surface area contributed by atoms with E-state index in [-0.39, 0.29) is 17.5 Å². The van der Waals surface area contributed by atoms with Crippen LogP contribution in [0, 0.1) is 5.41 Å². The number of rotatable bonds is 1. The monoisotopic (exact) mass is 187 g/mol. The molecule has 3 nitrogen and oxygen atoms in total. The fraction of sp³-hybridized carbons (Fsp3) is 0.900. The van der Waals surface area contributed by atoms with E-state index in [9.17, 15) is 4.79 Å². The normalized spacial score (nSPS) is 30.5. The lowest BCUT2D eigenvalue weighted by Crippen LogP contribution is -2.41. The summed E-state index contributed by atoms with van der Waals surface area (Å²) in [5.74, 6) is -0.262. The van der Waals surface area contributed by atoms with Crippen LogP contribution in [0.25, 0.3) is 0 Å². The van der Waals surface area contributed by atoms with Crippen LogP contribution in [0.3, 0.4) is 0 Å². The Bertz CT molecular complexity index is 178. The molecule has 1 rings (SSSR count). The van der Waals surface area contributed by atoms with E-state index in [1.54, 1.807) is 0 Å². The molecule has 2 N–H and O–H groups in total. The minimum atomic E-state index is -0.451. The van der Waals surface area contributed by atoms with Gasteiger partial charge in [-0.2, -0.15) is 0 Å². The van der Waals surface area contributed by atoms with Gasteiger partial charge in [-0.15, -0.1) is 0 Å². The third-order valence-corrected chi connectivity index (χ3v) is 2.51. The summed E-state index contributed by atoms with van der Waals surface area (Å²) in [5.41, 5.74) is 5.44. The molecule has 1 fully saturated rings. The second-order valence-corrected chi connectivity index (χ2v) is 3.63. The van der Waals surface area contributed by atoms with Gasteiger partial charge < -0.3 is 10.5 Å². The molecule has 0 aromatic rings. The Morgan fingerprint density at radius 2 is 1.92 bits per heavy atom. The molecule has 0 aliphatic carbocycles. The van der Waals surface area contributed by atoms with Crippen molar-refractivity contribution in [3.8, 4) is 0 Å². The molecule has 3 heteroatoms. The highest BCUT2D eigenvalue weighted by molar-refractivity contribution is 5.79. The molecule has 0 amide bonds. The number of nitrogens with two attached hydrogens (primary N) is 1. The zero-order valence-electron chi connectivity index (χ0n) is 9.26. The summed E-state index contributed by atoms with van der Waals surface area (Å²) in [5, 5.41) is 0. The van der Waals surface area contributed by atoms with Crippen molar-refractivity contribution in [1.82, 2.24) is 0 Å². The van der Waals surface area contributed by atoms with Crippen molar-refractivity contribution in [1.29, 1.82) is 0 Å². The Hall–Kier alpha value is -0.570. The smallest absolute Gasteiger partial charge is 0.323 e. The average molecular weight is 187 g/mol. The van der Waals surface area contributed by atoms with Gasteiger partial charge in [0.05, 0.1) is 0 Å². The van der Waals surface area contributed by atoms with Crippen molar-refractivity contribution < 1.29 is 9.53 Å². The lowest BCUT2D eigenvalue weighted by atomic mass is 9.81. The summed E-state index contributed by atoms with van der Waals surface area (Å²) in [7, 11) is 0. The largest absolute Gasteiger partial charge is 0.461 e. The van der Waals surface area contributed by atoms with Crippen LogP contribution in [-0.2, 0) is 9.53 Å². The van der Waals surface area contributed by atoms with Gasteiger partial charge in [-0.25, -0.2) is 0 Å². The third-order valence-electron chi connectivity index (χ3n) is 2.51. The van der Waals surface area contributed by atoms with Gasteiger partial charge in [0.1, 0.15) is 12.1 Å². The zero-order chi connectivity index (χ0) is 10.6. The van der Waals surface area contributed by atoms with Crippen LogP contribution in [0.4, 0.5) is 0 Å². The Balaban J connectivity index is 0.000000671. The molecule has 2 atom stereocenters. The Kier molecular flexibility index (Phi) is 4.40. The molecule has 0 spiro atoms. The van der Waals surface area contributed by atoms with Crippen molar-refractivity contribution in [2.24, 2.45) is 11.1 Å². The van der Waals surface area contributed by atoms with Crippen molar-refractivity contribution in [2.45, 2.75) is 53.2 Å². The van der Waals surface area contributed by atoms with Crippen molar-refractivity contribution in [3.63, 3.8) is 0 Å². The predicted molar refractivity (Wildman–Crippen MR) is 53.3 cm³/mol. The fourth-order valence-electron chi connectivity index (χ4n) is 1.48. The van der Waals surface area contributed by atoms with Gasteiger partial charge in [0, 0.05) is 5.41 Å². The Morgan fingerprint density at radius 3 is 2.08 bits per heavy atom. The van der Waals surface area contributed by atoms with Crippen LogP contribution in [0.2, 0.25) is 0 Å². The SMILES string of the molecule is CC.CCC1OC(=O)C(N)C1(C)C. The fourth-order valence-corrected chi connectivity index (χ4v) is 1.48. The lowest BCUT2D eigenvalue weighted by molar-refractivity contribution is -0.142. The summed E-state index contributed by atoms with van der Waals surface area (Å²) in [6, 6.07) is -0.451. The highest BCUT2D eigenvalue weighted by Crippen LogP contribution is 2.35. The molecule has 13 heavy (non-hydrogen) atoms. The van der Waals surface area contributed by atoms with E-state index >= 15 is 0 Å². The van der Waals surface area contributed by atoms with E-state index in [1.807, 2.05) is 34.6 Å². The van der Waals surface area contributed by atoms with Gasteiger partial charge in [-0.05, 0) is 6.42 Å². The lowest BCUT2D eigenvalue weighted by Gasteiger charge is -2.25. The molecule has 78 valence electrons. The summed E-state index contributed by atoms with van der Waals surface area (Å²) < 4.78 is 5.07. The van der Waals surface area contributed by atoms with Gasteiger partial charge >= 0.3 is 5.97 Å². The maximum atomic E-state index is 11.0. The zero-order valence-corrected chi connectivity index (χ0v) is 9.26. The van der Waals surface area contributed by atoms with Gasteiger partial charge in [0.25, 0.3) is 0 Å². The Morgan fingerprint density at radius 1 is 1.46 bits per heavy atom. The highest BCUT2D eigenvalue weighted by Gasteiger charge is 2.47. The molecule has 0 aromatic carbocycles. The van der Waals surface area contributed by atoms with Crippen LogP contribution in [0.1, 0.15) is 41.0 Å². The molecule has 1 aliphatic rings. The highest BCUT2D eigenvalue weighted by atomic mass is 16.6. The quantitative estimate of drug-likeness (QED) is 0.636. The molecule has 2 unspecified atom stereocenters. The maximum Gasteiger partial charge on any atom is 0.323 e. The standard InChI is InChI=1S/C8H15NO2.C2H6/c1-4-5-8(2,3)6(9)7(10)11-5;1-2/h5-6H,4,9H2,1-3H3;1-2H3. The topological polar surface area (TPSA) is 52.3 Å². The van der Waals surface area contributed by atoms with Crippen molar-refractivity contribution in [2.75, 3.05) is 0 Å². The molecule has 1 heterocycles. The second kappa shape index (κ2) is 4.61. The number of cyclic esters (lactones) is 1. The summed E-state index contributed by atoms with van der Waals surface area (Å²) in [6.45, 7) is 9.94. The number of hydrogen-bond acceptors (Lipinski definition) is 3. The van der Waals surface area contributed by atoms with E-state index in [1.165, 1.54) is 0 Å². The van der Waals surface area contributed by atoms with Gasteiger partial charge in [0.15, 0.2) is 0 Å². The van der Waals surface area contributed by atoms with Crippen LogP contribution < -0.4 is 5.73 Å². The first-order valence-corrected chi connectivity index (χ1v) is 4.96. The number of hydrogen-bond donors (Lipinski definition) is 1. The van der Waals surface area contributed by atoms with Crippen LogP contribution in [-0.4, -0.2) is 18.1 Å². The maximum absolute atomic E-state index is 11.0. The molecular formula is C10H21NO2. The van der Waals surface area contributed by atoms with E-state index in [0.717, 1.165) is 6.42 Å². The van der Waals surface area contributed by atoms with E-state index in [2.05, 4.69) is 0 Å². The predicted octanol–water partition coefficient (Wildman–Crippen LogP) is 1.70. The first kappa shape index (κ1) is 12.4. The summed E-state index contributed by atoms with van der Waals surface area (Å²) in [4.78, 5) is 11.0. The average Bonchev–Trinajstić information content (AvgIpc) is 2.32. The Labute approximate surface area is 80.6 Å². The minimum absolute atomic E-state index is 0.00926. The molecule has 0 saturated carbocycles. The van der Waals surface area contributed by atoms with Crippen molar-refractivity contribution in [3.05, 3.63) is 0 Å². The molecule has 0 radical (unpaired) electrons. The van der Waals surface area contributed by atoms with Gasteiger partial charge in [-0.3, -0.25) is 4.79 Å². The minimum Gasteiger partial charge on any atom is -0.461 e. The molecule has 0 aromatic heterocycles. The first-order chi connectivity index (χ1) is 6.00. The van der Waals surface area contributed by atoms with Gasteiger partial charge in [0.2, 0.25) is 0 Å². The summed E-state index contributed by atoms with van der Waals surface area (Å²) in [6.07, 6.45) is 0.830.